The average molecular weight is 272 g/mol. The van der Waals surface area contributed by atoms with Crippen molar-refractivity contribution in [2.24, 2.45) is 0 Å². The van der Waals surface area contributed by atoms with Gasteiger partial charge in [0.15, 0.2) is 0 Å². The van der Waals surface area contributed by atoms with E-state index in [4.69, 9.17) is 0 Å². The fourth-order valence-electron chi connectivity index (χ4n) is 1.27. The lowest BCUT2D eigenvalue weighted by Crippen LogP contribution is -2.48. The Balaban J connectivity index is 3.78. The third kappa shape index (κ3) is 9.01. The van der Waals surface area contributed by atoms with Crippen molar-refractivity contribution >= 4 is 17.8 Å². The number of amides is 4. The maximum Gasteiger partial charge on any atom is 0.321 e. The van der Waals surface area contributed by atoms with Gasteiger partial charge >= 0.3 is 6.03 Å². The first-order chi connectivity index (χ1) is 9.01. The van der Waals surface area contributed by atoms with Crippen LogP contribution in [0.25, 0.3) is 0 Å². The molecule has 0 aliphatic heterocycles. The zero-order valence-corrected chi connectivity index (χ0v) is 11.8. The van der Waals surface area contributed by atoms with Gasteiger partial charge in [0.25, 0.3) is 0 Å². The molecule has 1 atom stereocenters. The molecule has 7 heteroatoms. The van der Waals surface area contributed by atoms with Crippen molar-refractivity contribution in [1.29, 1.82) is 0 Å². The summed E-state index contributed by atoms with van der Waals surface area (Å²) in [5, 5.41) is 10.3. The lowest BCUT2D eigenvalue weighted by atomic mass is 10.3. The maximum atomic E-state index is 11.5. The molecule has 110 valence electrons. The Morgan fingerprint density at radius 1 is 1.05 bits per heavy atom. The highest BCUT2D eigenvalue weighted by atomic mass is 16.2. The van der Waals surface area contributed by atoms with Gasteiger partial charge in [0, 0.05) is 26.1 Å². The highest BCUT2D eigenvalue weighted by molar-refractivity contribution is 5.96. The number of carbonyl (C=O) groups is 3. The summed E-state index contributed by atoms with van der Waals surface area (Å²) < 4.78 is 0. The van der Waals surface area contributed by atoms with E-state index < -0.39 is 18.0 Å². The van der Waals surface area contributed by atoms with Gasteiger partial charge < -0.3 is 16.0 Å². The Bertz CT molecular complexity index is 307. The molecule has 1 unspecified atom stereocenters. The zero-order valence-electron chi connectivity index (χ0n) is 11.8. The van der Waals surface area contributed by atoms with E-state index in [1.165, 1.54) is 0 Å². The fourth-order valence-corrected chi connectivity index (χ4v) is 1.27. The molecule has 4 amide bonds. The van der Waals surface area contributed by atoms with Gasteiger partial charge in [0.05, 0.1) is 6.04 Å². The van der Waals surface area contributed by atoms with Gasteiger partial charge in [-0.05, 0) is 20.3 Å². The number of carbonyl (C=O) groups excluding carboxylic acids is 3. The van der Waals surface area contributed by atoms with Crippen molar-refractivity contribution in [3.8, 4) is 0 Å². The first-order valence-corrected chi connectivity index (χ1v) is 6.60. The fraction of sp³-hybridized carbons (Fsp3) is 0.750. The SMILES string of the molecule is CCCNC(=O)CCNC(C)C(=O)NC(=O)NCC. The Kier molecular flexibility index (Phi) is 9.42. The monoisotopic (exact) mass is 272 g/mol. The zero-order chi connectivity index (χ0) is 14.7. The Labute approximate surface area is 113 Å². The minimum absolute atomic E-state index is 0.0503. The third-order valence-corrected chi connectivity index (χ3v) is 2.34. The van der Waals surface area contributed by atoms with Crippen LogP contribution in [0.2, 0.25) is 0 Å². The maximum absolute atomic E-state index is 11.5. The summed E-state index contributed by atoms with van der Waals surface area (Å²) in [7, 11) is 0. The largest absolute Gasteiger partial charge is 0.356 e. The number of hydrogen-bond acceptors (Lipinski definition) is 4. The smallest absolute Gasteiger partial charge is 0.321 e. The van der Waals surface area contributed by atoms with Crippen molar-refractivity contribution in [1.82, 2.24) is 21.3 Å². The summed E-state index contributed by atoms with van der Waals surface area (Å²) in [5.41, 5.74) is 0. The Morgan fingerprint density at radius 3 is 2.32 bits per heavy atom. The average Bonchev–Trinajstić information content (AvgIpc) is 2.36. The molecule has 0 bridgehead atoms. The van der Waals surface area contributed by atoms with Crippen molar-refractivity contribution < 1.29 is 14.4 Å². The molecule has 0 saturated carbocycles. The van der Waals surface area contributed by atoms with Gasteiger partial charge in [0.2, 0.25) is 11.8 Å². The molecular formula is C12H24N4O3. The molecule has 0 rings (SSSR count). The van der Waals surface area contributed by atoms with Crippen LogP contribution in [-0.4, -0.2) is 43.5 Å². The molecule has 19 heavy (non-hydrogen) atoms. The second-order valence-corrected chi connectivity index (χ2v) is 4.12. The molecule has 0 fully saturated rings. The topological polar surface area (TPSA) is 99.3 Å². The van der Waals surface area contributed by atoms with E-state index in [-0.39, 0.29) is 5.91 Å². The van der Waals surface area contributed by atoms with Crippen LogP contribution in [-0.2, 0) is 9.59 Å². The summed E-state index contributed by atoms with van der Waals surface area (Å²) in [5.74, 6) is -0.467. The Morgan fingerprint density at radius 2 is 1.74 bits per heavy atom. The molecule has 0 spiro atoms. The summed E-state index contributed by atoms with van der Waals surface area (Å²) >= 11 is 0. The molecule has 7 nitrogen and oxygen atoms in total. The van der Waals surface area contributed by atoms with E-state index in [1.54, 1.807) is 13.8 Å². The first-order valence-electron chi connectivity index (χ1n) is 6.60. The van der Waals surface area contributed by atoms with E-state index >= 15 is 0 Å². The molecule has 0 aliphatic carbocycles. The predicted molar refractivity (Wildman–Crippen MR) is 72.6 cm³/mol. The van der Waals surface area contributed by atoms with Gasteiger partial charge in [0.1, 0.15) is 0 Å². The predicted octanol–water partition coefficient (Wildman–Crippen LogP) is -0.273. The second kappa shape index (κ2) is 10.3. The van der Waals surface area contributed by atoms with Gasteiger partial charge in [-0.1, -0.05) is 6.92 Å². The molecule has 0 aromatic rings. The minimum atomic E-state index is -0.526. The van der Waals surface area contributed by atoms with E-state index in [1.807, 2.05) is 6.92 Å². The number of rotatable bonds is 8. The van der Waals surface area contributed by atoms with Crippen LogP contribution in [0.1, 0.15) is 33.6 Å². The molecule has 0 saturated heterocycles. The lowest BCUT2D eigenvalue weighted by molar-refractivity contribution is -0.123. The van der Waals surface area contributed by atoms with E-state index in [0.717, 1.165) is 6.42 Å². The normalized spacial score (nSPS) is 11.5. The van der Waals surface area contributed by atoms with Gasteiger partial charge in [-0.2, -0.15) is 0 Å². The number of nitrogens with one attached hydrogen (secondary N) is 4. The van der Waals surface area contributed by atoms with Gasteiger partial charge in [-0.25, -0.2) is 4.79 Å². The number of imide groups is 1. The van der Waals surface area contributed by atoms with Crippen molar-refractivity contribution in [2.45, 2.75) is 39.7 Å². The van der Waals surface area contributed by atoms with E-state index in [2.05, 4.69) is 21.3 Å². The third-order valence-electron chi connectivity index (χ3n) is 2.34. The summed E-state index contributed by atoms with van der Waals surface area (Å²) in [6.07, 6.45) is 1.20. The number of hydrogen-bond donors (Lipinski definition) is 4. The van der Waals surface area contributed by atoms with Gasteiger partial charge in [-0.15, -0.1) is 0 Å². The molecule has 0 radical (unpaired) electrons. The summed E-state index contributed by atoms with van der Waals surface area (Å²) in [6.45, 7) is 6.88. The highest BCUT2D eigenvalue weighted by Crippen LogP contribution is 1.85. The van der Waals surface area contributed by atoms with Gasteiger partial charge in [-0.3, -0.25) is 14.9 Å². The van der Waals surface area contributed by atoms with E-state index in [0.29, 0.717) is 26.1 Å². The van der Waals surface area contributed by atoms with Crippen LogP contribution >= 0.6 is 0 Å². The highest BCUT2D eigenvalue weighted by Gasteiger charge is 2.14. The van der Waals surface area contributed by atoms with Crippen LogP contribution in [0, 0.1) is 0 Å². The van der Waals surface area contributed by atoms with Crippen LogP contribution in [0.15, 0.2) is 0 Å². The Hall–Kier alpha value is -1.63. The quantitative estimate of drug-likeness (QED) is 0.488. The number of urea groups is 1. The summed E-state index contributed by atoms with van der Waals surface area (Å²) in [6, 6.07) is -1.04. The standard InChI is InChI=1S/C12H24N4O3/c1-4-7-15-10(17)6-8-14-9(3)11(18)16-12(19)13-5-2/h9,14H,4-8H2,1-3H3,(H,15,17)(H2,13,16,18,19). The molecular weight excluding hydrogens is 248 g/mol. The molecule has 0 aromatic heterocycles. The van der Waals surface area contributed by atoms with Crippen molar-refractivity contribution in [2.75, 3.05) is 19.6 Å². The van der Waals surface area contributed by atoms with E-state index in [9.17, 15) is 14.4 Å². The van der Waals surface area contributed by atoms with Crippen LogP contribution in [0.3, 0.4) is 0 Å². The van der Waals surface area contributed by atoms with Crippen LogP contribution in [0.5, 0.6) is 0 Å². The van der Waals surface area contributed by atoms with Crippen molar-refractivity contribution in [3.63, 3.8) is 0 Å². The minimum Gasteiger partial charge on any atom is -0.356 e. The molecule has 0 heterocycles. The van der Waals surface area contributed by atoms with Crippen LogP contribution < -0.4 is 21.3 Å². The summed E-state index contributed by atoms with van der Waals surface area (Å²) in [4.78, 5) is 34.0. The molecule has 0 aromatic carbocycles. The second-order valence-electron chi connectivity index (χ2n) is 4.12. The molecule has 4 N–H and O–H groups in total. The molecule has 0 aliphatic rings. The van der Waals surface area contributed by atoms with Crippen LogP contribution in [0.4, 0.5) is 4.79 Å². The first kappa shape index (κ1) is 17.4. The van der Waals surface area contributed by atoms with Crippen molar-refractivity contribution in [3.05, 3.63) is 0 Å². The lowest BCUT2D eigenvalue weighted by Gasteiger charge is -2.13.